The monoisotopic (exact) mass is 378 g/mol. The van der Waals surface area contributed by atoms with Crippen LogP contribution in [0.3, 0.4) is 0 Å². The molecule has 0 aliphatic heterocycles. The zero-order valence-corrected chi connectivity index (χ0v) is 16.4. The van der Waals surface area contributed by atoms with Crippen molar-refractivity contribution in [2.75, 3.05) is 40.6 Å². The van der Waals surface area contributed by atoms with Crippen molar-refractivity contribution in [2.45, 2.75) is 25.0 Å². The fourth-order valence-electron chi connectivity index (χ4n) is 1.69. The normalized spacial score (nSPS) is 11.6. The third-order valence-electron chi connectivity index (χ3n) is 3.56. The third-order valence-corrected chi connectivity index (χ3v) is 6.29. The van der Waals surface area contributed by atoms with E-state index >= 15 is 0 Å². The molecule has 0 atom stereocenters. The van der Waals surface area contributed by atoms with E-state index in [2.05, 4.69) is 19.7 Å². The average molecular weight is 379 g/mol. The van der Waals surface area contributed by atoms with Gasteiger partial charge in [0.1, 0.15) is 0 Å². The Morgan fingerprint density at radius 2 is 1.24 bits per heavy atom. The summed E-state index contributed by atoms with van der Waals surface area (Å²) in [6, 6.07) is 0.602. The lowest BCUT2D eigenvalue weighted by Crippen LogP contribution is -2.46. The molecule has 148 valence electrons. The molecular formula is C17H34O7Si. The zero-order chi connectivity index (χ0) is 19.8. The van der Waals surface area contributed by atoms with Crippen molar-refractivity contribution < 1.29 is 33.7 Å². The van der Waals surface area contributed by atoms with Crippen molar-refractivity contribution in [2.24, 2.45) is 5.41 Å². The molecule has 0 aliphatic carbocycles. The Labute approximate surface area is 152 Å². The summed E-state index contributed by atoms with van der Waals surface area (Å²) in [6.07, 6.45) is 6.94. The van der Waals surface area contributed by atoms with Gasteiger partial charge in [-0.25, -0.2) is 0 Å². The third kappa shape index (κ3) is 10.0. The summed E-state index contributed by atoms with van der Waals surface area (Å²) in [5.74, 6) is 0. The molecule has 0 spiro atoms. The van der Waals surface area contributed by atoms with E-state index in [-0.39, 0.29) is 6.10 Å². The summed E-state index contributed by atoms with van der Waals surface area (Å²) in [5, 5.41) is 34.0. The molecule has 0 saturated heterocycles. The van der Waals surface area contributed by atoms with E-state index in [9.17, 15) is 0 Å². The molecule has 0 aliphatic rings. The van der Waals surface area contributed by atoms with Gasteiger partial charge in [-0.05, 0) is 12.8 Å². The number of aliphatic hydroxyl groups excluding tert-OH is 4. The van der Waals surface area contributed by atoms with E-state index in [0.717, 1.165) is 12.8 Å². The second-order valence-electron chi connectivity index (χ2n) is 5.51. The highest BCUT2D eigenvalue weighted by Gasteiger charge is 2.39. The summed E-state index contributed by atoms with van der Waals surface area (Å²) in [5.41, 5.74) is -1.11. The van der Waals surface area contributed by atoms with Gasteiger partial charge in [0.15, 0.2) is 0 Å². The second kappa shape index (κ2) is 15.4. The van der Waals surface area contributed by atoms with Gasteiger partial charge in [-0.3, -0.25) is 0 Å². The van der Waals surface area contributed by atoms with Crippen LogP contribution in [0.4, 0.5) is 0 Å². The Balaban J connectivity index is 0. The minimum absolute atomic E-state index is 0.0153. The van der Waals surface area contributed by atoms with Gasteiger partial charge in [-0.15, -0.1) is 19.7 Å². The highest BCUT2D eigenvalue weighted by atomic mass is 28.4. The van der Waals surface area contributed by atoms with E-state index in [1.165, 1.54) is 0 Å². The van der Waals surface area contributed by atoms with E-state index in [0.29, 0.717) is 6.04 Å². The molecule has 0 aromatic heterocycles. The van der Waals surface area contributed by atoms with Gasteiger partial charge in [-0.2, -0.15) is 0 Å². The van der Waals surface area contributed by atoms with Crippen LogP contribution < -0.4 is 0 Å². The van der Waals surface area contributed by atoms with Crippen LogP contribution in [0.5, 0.6) is 0 Å². The smallest absolute Gasteiger partial charge is 0.396 e. The van der Waals surface area contributed by atoms with Crippen LogP contribution in [-0.2, 0) is 13.3 Å². The van der Waals surface area contributed by atoms with Crippen molar-refractivity contribution in [1.29, 1.82) is 0 Å². The lowest BCUT2D eigenvalue weighted by Gasteiger charge is -2.29. The maximum absolute atomic E-state index is 8.50. The van der Waals surface area contributed by atoms with Gasteiger partial charge in [-0.1, -0.05) is 18.2 Å². The Kier molecular flexibility index (Phi) is 16.3. The van der Waals surface area contributed by atoms with Crippen molar-refractivity contribution in [3.63, 3.8) is 0 Å². The molecule has 0 radical (unpaired) electrons. The van der Waals surface area contributed by atoms with Gasteiger partial charge in [0.05, 0.1) is 37.9 Å². The minimum Gasteiger partial charge on any atom is -0.396 e. The van der Waals surface area contributed by atoms with Crippen LogP contribution >= 0.6 is 0 Å². The van der Waals surface area contributed by atoms with Crippen molar-refractivity contribution in [3.8, 4) is 0 Å². The van der Waals surface area contributed by atoms with Gasteiger partial charge < -0.3 is 33.7 Å². The molecule has 0 fully saturated rings. The largest absolute Gasteiger partial charge is 0.504 e. The molecule has 0 bridgehead atoms. The Morgan fingerprint density at radius 3 is 1.44 bits per heavy atom. The molecule has 0 unspecified atom stereocenters. The van der Waals surface area contributed by atoms with Gasteiger partial charge in [0, 0.05) is 20.3 Å². The topological polar surface area (TPSA) is 109 Å². The van der Waals surface area contributed by atoms with E-state index in [4.69, 9.17) is 33.7 Å². The fraction of sp³-hybridized carbons (Fsp3) is 0.647. The molecule has 0 saturated carbocycles. The van der Waals surface area contributed by atoms with Crippen LogP contribution in [0.2, 0.25) is 6.04 Å². The number of allylic oxidation sites excluding steroid dienone is 1. The zero-order valence-electron chi connectivity index (χ0n) is 15.4. The Morgan fingerprint density at radius 1 is 0.840 bits per heavy atom. The highest BCUT2D eigenvalue weighted by Crippen LogP contribution is 2.20. The van der Waals surface area contributed by atoms with Gasteiger partial charge in [0.2, 0.25) is 0 Å². The number of rotatable bonds is 14. The molecule has 0 aromatic rings. The minimum atomic E-state index is -2.59. The summed E-state index contributed by atoms with van der Waals surface area (Å²) in [6.45, 7) is 9.49. The molecule has 0 aromatic carbocycles. The van der Waals surface area contributed by atoms with Crippen LogP contribution in [-0.4, -0.2) is 76.0 Å². The second-order valence-corrected chi connectivity index (χ2v) is 8.33. The Hall–Kier alpha value is -0.843. The SMILES string of the molecule is C=CCC(CC=C)O[Si](CC=C)(OC)OC.OCC(CO)(CO)CO. The summed E-state index contributed by atoms with van der Waals surface area (Å²) in [4.78, 5) is 0. The number of hydrogen-bond donors (Lipinski definition) is 4. The average Bonchev–Trinajstić information content (AvgIpc) is 2.64. The molecule has 7 nitrogen and oxygen atoms in total. The standard InChI is InChI=1S/C12H22O3Si.C5H12O4/c1-6-9-12(10-7-2)15-16(13-4,14-5)11-8-3;6-1-5(2-7,3-8)4-9/h6-8,12H,1-3,9-11H2,4-5H3;6-9H,1-4H2. The lowest BCUT2D eigenvalue weighted by atomic mass is 9.93. The number of aliphatic hydroxyl groups is 4. The van der Waals surface area contributed by atoms with E-state index < -0.39 is 40.6 Å². The van der Waals surface area contributed by atoms with Crippen LogP contribution in [0.15, 0.2) is 38.0 Å². The van der Waals surface area contributed by atoms with Crippen molar-refractivity contribution in [3.05, 3.63) is 38.0 Å². The summed E-state index contributed by atoms with van der Waals surface area (Å²) >= 11 is 0. The van der Waals surface area contributed by atoms with Crippen molar-refractivity contribution >= 4 is 8.80 Å². The molecular weight excluding hydrogens is 344 g/mol. The predicted octanol–water partition coefficient (Wildman–Crippen LogP) is 0.883. The maximum Gasteiger partial charge on any atom is 0.504 e. The van der Waals surface area contributed by atoms with Crippen LogP contribution in [0, 0.1) is 5.41 Å². The molecule has 0 rings (SSSR count). The van der Waals surface area contributed by atoms with Gasteiger partial charge in [0.25, 0.3) is 0 Å². The maximum atomic E-state index is 8.50. The fourth-order valence-corrected chi connectivity index (χ4v) is 3.53. The molecule has 0 heterocycles. The van der Waals surface area contributed by atoms with Crippen LogP contribution in [0.1, 0.15) is 12.8 Å². The first-order valence-electron chi connectivity index (χ1n) is 7.96. The number of hydrogen-bond acceptors (Lipinski definition) is 7. The molecule has 25 heavy (non-hydrogen) atoms. The van der Waals surface area contributed by atoms with Gasteiger partial charge >= 0.3 is 8.80 Å². The first-order chi connectivity index (χ1) is 11.9. The lowest BCUT2D eigenvalue weighted by molar-refractivity contribution is -0.0328. The highest BCUT2D eigenvalue weighted by molar-refractivity contribution is 6.61. The summed E-state index contributed by atoms with van der Waals surface area (Å²) < 4.78 is 16.7. The predicted molar refractivity (Wildman–Crippen MR) is 100 cm³/mol. The molecule has 8 heteroatoms. The van der Waals surface area contributed by atoms with E-state index in [1.54, 1.807) is 20.3 Å². The quantitative estimate of drug-likeness (QED) is 0.262. The molecule has 0 amide bonds. The molecule has 4 N–H and O–H groups in total. The van der Waals surface area contributed by atoms with Crippen LogP contribution in [0.25, 0.3) is 0 Å². The Bertz CT molecular complexity index is 327. The first-order valence-corrected chi connectivity index (χ1v) is 9.90. The first kappa shape index (κ1) is 26.4. The summed E-state index contributed by atoms with van der Waals surface area (Å²) in [7, 11) is 0.624. The van der Waals surface area contributed by atoms with Crippen molar-refractivity contribution in [1.82, 2.24) is 0 Å². The van der Waals surface area contributed by atoms with E-state index in [1.807, 2.05) is 12.2 Å².